The van der Waals surface area contributed by atoms with Crippen LogP contribution in [0.3, 0.4) is 0 Å². The Bertz CT molecular complexity index is 867. The second-order valence-electron chi connectivity index (χ2n) is 6.65. The van der Waals surface area contributed by atoms with Gasteiger partial charge < -0.3 is 20.1 Å². The van der Waals surface area contributed by atoms with Crippen LogP contribution in [0.15, 0.2) is 42.5 Å². The molecule has 2 aromatic carbocycles. The topological polar surface area (TPSA) is 61.8 Å². The maximum absolute atomic E-state index is 14.4. The Balaban J connectivity index is 1.78. The van der Waals surface area contributed by atoms with Crippen molar-refractivity contribution in [1.29, 1.82) is 0 Å². The molecule has 1 heterocycles. The quantitative estimate of drug-likeness (QED) is 0.709. The zero-order chi connectivity index (χ0) is 21.0. The van der Waals surface area contributed by atoms with Crippen LogP contribution in [0.2, 0.25) is 0 Å². The Morgan fingerprint density at radius 1 is 1.17 bits per heavy atom. The minimum Gasteiger partial charge on any atom is -0.405 e. The number of hydrogen-bond donors (Lipinski definition) is 2. The van der Waals surface area contributed by atoms with Crippen LogP contribution in [-0.4, -0.2) is 37.1 Å². The van der Waals surface area contributed by atoms with Gasteiger partial charge in [-0.25, -0.2) is 4.39 Å². The largest absolute Gasteiger partial charge is 0.573 e. The van der Waals surface area contributed by atoms with Gasteiger partial charge in [0, 0.05) is 24.2 Å². The highest BCUT2D eigenvalue weighted by molar-refractivity contribution is 5.95. The summed E-state index contributed by atoms with van der Waals surface area (Å²) in [4.78, 5) is 14.4. The van der Waals surface area contributed by atoms with E-state index in [0.717, 1.165) is 38.1 Å². The van der Waals surface area contributed by atoms with Gasteiger partial charge in [-0.2, -0.15) is 0 Å². The first kappa shape index (κ1) is 20.9. The van der Waals surface area contributed by atoms with E-state index in [0.29, 0.717) is 5.69 Å². The first-order chi connectivity index (χ1) is 13.8. The van der Waals surface area contributed by atoms with E-state index in [4.69, 9.17) is 0 Å². The summed E-state index contributed by atoms with van der Waals surface area (Å²) in [5.74, 6) is -1.81. The number of amides is 1. The third-order valence-corrected chi connectivity index (χ3v) is 4.66. The highest BCUT2D eigenvalue weighted by Crippen LogP contribution is 2.30. The number of rotatable bonds is 6. The lowest BCUT2D eigenvalue weighted by atomic mass is 10.1. The number of aliphatic hydroxyl groups is 1. The molecule has 0 saturated carbocycles. The van der Waals surface area contributed by atoms with Gasteiger partial charge in [-0.15, -0.1) is 13.2 Å². The molecule has 156 valence electrons. The van der Waals surface area contributed by atoms with Gasteiger partial charge in [0.1, 0.15) is 11.6 Å². The lowest BCUT2D eigenvalue weighted by molar-refractivity contribution is -0.275. The molecule has 0 spiro atoms. The van der Waals surface area contributed by atoms with E-state index >= 15 is 0 Å². The number of carbonyl (C=O) groups excluding carboxylic acids is 1. The van der Waals surface area contributed by atoms with Crippen molar-refractivity contribution < 1.29 is 32.2 Å². The molecule has 1 amide bonds. The van der Waals surface area contributed by atoms with E-state index < -0.39 is 36.5 Å². The molecule has 0 aromatic heterocycles. The van der Waals surface area contributed by atoms with Crippen LogP contribution in [0.1, 0.15) is 34.8 Å². The zero-order valence-electron chi connectivity index (χ0n) is 15.4. The van der Waals surface area contributed by atoms with Crippen LogP contribution in [0.5, 0.6) is 5.75 Å². The van der Waals surface area contributed by atoms with E-state index in [1.54, 1.807) is 0 Å². The number of hydrogen-bond acceptors (Lipinski definition) is 4. The summed E-state index contributed by atoms with van der Waals surface area (Å²) in [6.45, 7) is 0.814. The van der Waals surface area contributed by atoms with Crippen molar-refractivity contribution >= 4 is 11.6 Å². The molecule has 1 aliphatic rings. The molecule has 0 unspecified atom stereocenters. The lowest BCUT2D eigenvalue weighted by Crippen LogP contribution is -2.32. The summed E-state index contributed by atoms with van der Waals surface area (Å²) in [7, 11) is 0. The molecule has 1 saturated heterocycles. The van der Waals surface area contributed by atoms with Gasteiger partial charge >= 0.3 is 6.36 Å². The first-order valence-electron chi connectivity index (χ1n) is 9.09. The normalized spacial score (nSPS) is 15.3. The van der Waals surface area contributed by atoms with E-state index in [9.17, 15) is 27.5 Å². The lowest BCUT2D eigenvalue weighted by Gasteiger charge is -2.21. The van der Waals surface area contributed by atoms with Crippen molar-refractivity contribution in [3.63, 3.8) is 0 Å². The fraction of sp³-hybridized carbons (Fsp3) is 0.350. The molecular formula is C20H20F4N2O3. The van der Waals surface area contributed by atoms with E-state index in [1.807, 2.05) is 4.90 Å². The monoisotopic (exact) mass is 412 g/mol. The van der Waals surface area contributed by atoms with Crippen LogP contribution < -0.4 is 15.0 Å². The number of aliphatic hydroxyl groups excluding tert-OH is 1. The van der Waals surface area contributed by atoms with Gasteiger partial charge in [-0.05, 0) is 37.1 Å². The number of halogens is 4. The van der Waals surface area contributed by atoms with Gasteiger partial charge in [0.25, 0.3) is 5.91 Å². The van der Waals surface area contributed by atoms with Crippen LogP contribution >= 0.6 is 0 Å². The average molecular weight is 412 g/mol. The van der Waals surface area contributed by atoms with Gasteiger partial charge in [-0.1, -0.05) is 18.2 Å². The Labute approximate surface area is 164 Å². The minimum atomic E-state index is -4.92. The molecule has 2 aromatic rings. The molecule has 2 N–H and O–H groups in total. The Hall–Kier alpha value is -2.81. The highest BCUT2D eigenvalue weighted by Gasteiger charge is 2.33. The molecule has 3 rings (SSSR count). The van der Waals surface area contributed by atoms with E-state index in [2.05, 4.69) is 10.1 Å². The average Bonchev–Trinajstić information content (AvgIpc) is 3.19. The van der Waals surface area contributed by atoms with Crippen LogP contribution in [0, 0.1) is 5.82 Å². The minimum absolute atomic E-state index is 0.00174. The smallest absolute Gasteiger partial charge is 0.405 e. The molecule has 0 bridgehead atoms. The molecule has 29 heavy (non-hydrogen) atoms. The predicted molar refractivity (Wildman–Crippen MR) is 98.3 cm³/mol. The molecule has 1 atom stereocenters. The Morgan fingerprint density at radius 3 is 2.48 bits per heavy atom. The van der Waals surface area contributed by atoms with Gasteiger partial charge in [0.15, 0.2) is 0 Å². The number of nitrogens with one attached hydrogen (secondary N) is 1. The summed E-state index contributed by atoms with van der Waals surface area (Å²) >= 11 is 0. The second kappa shape index (κ2) is 8.69. The molecule has 9 heteroatoms. The van der Waals surface area contributed by atoms with Crippen molar-refractivity contribution in [2.24, 2.45) is 0 Å². The maximum Gasteiger partial charge on any atom is 0.573 e. The summed E-state index contributed by atoms with van der Waals surface area (Å²) in [6, 6.07) is 8.05. The second-order valence-corrected chi connectivity index (χ2v) is 6.65. The highest BCUT2D eigenvalue weighted by atomic mass is 19.4. The number of anilines is 1. The van der Waals surface area contributed by atoms with Crippen LogP contribution in [-0.2, 0) is 0 Å². The van der Waals surface area contributed by atoms with E-state index in [-0.39, 0.29) is 11.1 Å². The molecule has 1 fully saturated rings. The third-order valence-electron chi connectivity index (χ3n) is 4.66. The predicted octanol–water partition coefficient (Wildman–Crippen LogP) is 3.79. The van der Waals surface area contributed by atoms with Crippen molar-refractivity contribution in [2.45, 2.75) is 25.2 Å². The van der Waals surface area contributed by atoms with E-state index in [1.165, 1.54) is 30.3 Å². The van der Waals surface area contributed by atoms with Crippen molar-refractivity contribution in [2.75, 3.05) is 24.6 Å². The molecule has 0 aliphatic carbocycles. The number of benzene rings is 2. The van der Waals surface area contributed by atoms with Crippen molar-refractivity contribution in [3.8, 4) is 5.75 Å². The van der Waals surface area contributed by atoms with Crippen LogP contribution in [0.4, 0.5) is 23.2 Å². The fourth-order valence-electron chi connectivity index (χ4n) is 3.31. The Morgan fingerprint density at radius 2 is 1.86 bits per heavy atom. The molecule has 5 nitrogen and oxygen atoms in total. The van der Waals surface area contributed by atoms with Gasteiger partial charge in [0.05, 0.1) is 18.3 Å². The summed E-state index contributed by atoms with van der Waals surface area (Å²) < 4.78 is 56.2. The molecule has 0 radical (unpaired) electrons. The maximum atomic E-state index is 14.4. The standard InChI is InChI=1S/C20H20F4N2O3/c21-15-11-13(7-8-17(15)26-9-3-4-10-26)19(28)25-16(12-27)14-5-1-2-6-18(14)29-20(22,23)24/h1-2,5-8,11,16,27H,3-4,9-10,12H2,(H,25,28)/t16-/m1/s1. The first-order valence-corrected chi connectivity index (χ1v) is 9.09. The van der Waals surface area contributed by atoms with Gasteiger partial charge in [0.2, 0.25) is 0 Å². The van der Waals surface area contributed by atoms with Crippen molar-refractivity contribution in [3.05, 3.63) is 59.4 Å². The van der Waals surface area contributed by atoms with Gasteiger partial charge in [-0.3, -0.25) is 4.79 Å². The number of ether oxygens (including phenoxy) is 1. The Kier molecular flexibility index (Phi) is 6.26. The number of carbonyl (C=O) groups is 1. The SMILES string of the molecule is O=C(N[C@H](CO)c1ccccc1OC(F)(F)F)c1ccc(N2CCCC2)c(F)c1. The molecule has 1 aliphatic heterocycles. The third kappa shape index (κ3) is 5.17. The summed E-state index contributed by atoms with van der Waals surface area (Å²) in [6.07, 6.45) is -2.98. The molecular weight excluding hydrogens is 392 g/mol. The van der Waals surface area contributed by atoms with Crippen LogP contribution in [0.25, 0.3) is 0 Å². The fourth-order valence-corrected chi connectivity index (χ4v) is 3.31. The van der Waals surface area contributed by atoms with Crippen molar-refractivity contribution in [1.82, 2.24) is 5.32 Å². The number of alkyl halides is 3. The summed E-state index contributed by atoms with van der Waals surface area (Å²) in [5, 5.41) is 12.0. The zero-order valence-corrected chi connectivity index (χ0v) is 15.4. The number of nitrogens with zero attached hydrogens (tertiary/aromatic N) is 1. The number of para-hydroxylation sites is 1. The summed E-state index contributed by atoms with van der Waals surface area (Å²) in [5.41, 5.74) is 0.356.